The summed E-state index contributed by atoms with van der Waals surface area (Å²) in [5.74, 6) is -0.810. The SMILES string of the molecule is CC1CC=C(c2cccc(F)c2F)CC1. The molecular formula is C13H14F2. The smallest absolute Gasteiger partial charge is 0.166 e. The van der Waals surface area contributed by atoms with Crippen LogP contribution in [0.3, 0.4) is 0 Å². The van der Waals surface area contributed by atoms with Crippen molar-refractivity contribution in [1.29, 1.82) is 0 Å². The van der Waals surface area contributed by atoms with E-state index in [0.29, 0.717) is 11.5 Å². The van der Waals surface area contributed by atoms with Crippen molar-refractivity contribution >= 4 is 5.57 Å². The zero-order chi connectivity index (χ0) is 10.8. The van der Waals surface area contributed by atoms with Crippen LogP contribution in [-0.4, -0.2) is 0 Å². The van der Waals surface area contributed by atoms with Crippen molar-refractivity contribution in [1.82, 2.24) is 0 Å². The van der Waals surface area contributed by atoms with Crippen molar-refractivity contribution < 1.29 is 8.78 Å². The minimum absolute atomic E-state index is 0.432. The van der Waals surface area contributed by atoms with Crippen molar-refractivity contribution in [2.45, 2.75) is 26.2 Å². The van der Waals surface area contributed by atoms with E-state index in [0.717, 1.165) is 30.9 Å². The van der Waals surface area contributed by atoms with Crippen LogP contribution in [0.15, 0.2) is 24.3 Å². The molecule has 1 aromatic carbocycles. The topological polar surface area (TPSA) is 0 Å². The average Bonchev–Trinajstić information content (AvgIpc) is 2.24. The lowest BCUT2D eigenvalue weighted by Gasteiger charge is -2.18. The second-order valence-corrected chi connectivity index (χ2v) is 4.21. The summed E-state index contributed by atoms with van der Waals surface area (Å²) in [4.78, 5) is 0. The van der Waals surface area contributed by atoms with E-state index in [-0.39, 0.29) is 0 Å². The van der Waals surface area contributed by atoms with Crippen LogP contribution >= 0.6 is 0 Å². The van der Waals surface area contributed by atoms with E-state index in [1.807, 2.05) is 6.08 Å². The Hall–Kier alpha value is -1.18. The first-order valence-corrected chi connectivity index (χ1v) is 5.32. The van der Waals surface area contributed by atoms with E-state index in [1.165, 1.54) is 0 Å². The van der Waals surface area contributed by atoms with E-state index in [2.05, 4.69) is 6.92 Å². The summed E-state index contributed by atoms with van der Waals surface area (Å²) >= 11 is 0. The molecule has 0 radical (unpaired) electrons. The predicted molar refractivity (Wildman–Crippen MR) is 57.4 cm³/mol. The first-order valence-electron chi connectivity index (χ1n) is 5.32. The molecule has 2 heteroatoms. The van der Waals surface area contributed by atoms with E-state index in [4.69, 9.17) is 0 Å². The monoisotopic (exact) mass is 208 g/mol. The number of hydrogen-bond donors (Lipinski definition) is 0. The molecular weight excluding hydrogens is 194 g/mol. The van der Waals surface area contributed by atoms with Crippen molar-refractivity contribution in [3.8, 4) is 0 Å². The van der Waals surface area contributed by atoms with Crippen LogP contribution in [0.4, 0.5) is 8.78 Å². The number of hydrogen-bond acceptors (Lipinski definition) is 0. The molecule has 80 valence electrons. The summed E-state index contributed by atoms with van der Waals surface area (Å²) in [7, 11) is 0. The first-order chi connectivity index (χ1) is 7.18. The van der Waals surface area contributed by atoms with Crippen molar-refractivity contribution in [2.75, 3.05) is 0 Å². The molecule has 1 aromatic rings. The summed E-state index contributed by atoms with van der Waals surface area (Å²) in [6.07, 6.45) is 4.90. The Morgan fingerprint density at radius 3 is 2.73 bits per heavy atom. The maximum absolute atomic E-state index is 13.5. The van der Waals surface area contributed by atoms with Gasteiger partial charge in [-0.05, 0) is 36.8 Å². The summed E-state index contributed by atoms with van der Waals surface area (Å²) in [5, 5.41) is 0. The molecule has 0 saturated heterocycles. The highest BCUT2D eigenvalue weighted by Crippen LogP contribution is 2.31. The summed E-state index contributed by atoms with van der Waals surface area (Å²) in [6, 6.07) is 4.37. The fourth-order valence-corrected chi connectivity index (χ4v) is 1.96. The van der Waals surface area contributed by atoms with Crippen LogP contribution in [0, 0.1) is 17.6 Å². The summed E-state index contributed by atoms with van der Waals surface area (Å²) in [6.45, 7) is 2.18. The van der Waals surface area contributed by atoms with E-state index >= 15 is 0 Å². The molecule has 1 aliphatic rings. The van der Waals surface area contributed by atoms with Gasteiger partial charge in [0.15, 0.2) is 11.6 Å². The van der Waals surface area contributed by atoms with Crippen LogP contribution in [0.2, 0.25) is 0 Å². The molecule has 0 nitrogen and oxygen atoms in total. The van der Waals surface area contributed by atoms with Gasteiger partial charge in [-0.15, -0.1) is 0 Å². The first kappa shape index (κ1) is 10.3. The van der Waals surface area contributed by atoms with E-state index < -0.39 is 11.6 Å². The quantitative estimate of drug-likeness (QED) is 0.649. The average molecular weight is 208 g/mol. The minimum Gasteiger partial charge on any atom is -0.204 e. The maximum Gasteiger partial charge on any atom is 0.166 e. The number of allylic oxidation sites excluding steroid dienone is 2. The third kappa shape index (κ3) is 2.09. The van der Waals surface area contributed by atoms with Gasteiger partial charge in [-0.2, -0.15) is 0 Å². The van der Waals surface area contributed by atoms with Crippen LogP contribution in [0.25, 0.3) is 5.57 Å². The third-order valence-electron chi connectivity index (χ3n) is 2.97. The van der Waals surface area contributed by atoms with Gasteiger partial charge in [0.1, 0.15) is 0 Å². The summed E-state index contributed by atoms with van der Waals surface area (Å²) in [5.41, 5.74) is 1.38. The molecule has 0 heterocycles. The second-order valence-electron chi connectivity index (χ2n) is 4.21. The Balaban J connectivity index is 2.34. The highest BCUT2D eigenvalue weighted by atomic mass is 19.2. The van der Waals surface area contributed by atoms with Gasteiger partial charge >= 0.3 is 0 Å². The molecule has 0 aliphatic heterocycles. The van der Waals surface area contributed by atoms with Gasteiger partial charge in [-0.1, -0.05) is 25.1 Å². The fraction of sp³-hybridized carbons (Fsp3) is 0.385. The Morgan fingerprint density at radius 1 is 1.27 bits per heavy atom. The number of rotatable bonds is 1. The Bertz CT molecular complexity index is 394. The van der Waals surface area contributed by atoms with Crippen molar-refractivity contribution in [2.24, 2.45) is 5.92 Å². The van der Waals surface area contributed by atoms with Crippen LogP contribution in [-0.2, 0) is 0 Å². The second kappa shape index (κ2) is 4.13. The van der Waals surface area contributed by atoms with E-state index in [9.17, 15) is 8.78 Å². The molecule has 1 unspecified atom stereocenters. The molecule has 0 aromatic heterocycles. The van der Waals surface area contributed by atoms with Crippen LogP contribution in [0.1, 0.15) is 31.7 Å². The maximum atomic E-state index is 13.5. The fourth-order valence-electron chi connectivity index (χ4n) is 1.96. The molecule has 1 atom stereocenters. The molecule has 1 aliphatic carbocycles. The van der Waals surface area contributed by atoms with Gasteiger partial charge in [-0.25, -0.2) is 8.78 Å². The molecule has 15 heavy (non-hydrogen) atoms. The molecule has 0 fully saturated rings. The highest BCUT2D eigenvalue weighted by Gasteiger charge is 2.16. The van der Waals surface area contributed by atoms with Gasteiger partial charge in [0.05, 0.1) is 0 Å². The lowest BCUT2D eigenvalue weighted by molar-refractivity contribution is 0.501. The highest BCUT2D eigenvalue weighted by molar-refractivity contribution is 5.66. The normalized spacial score (nSPS) is 21.3. The zero-order valence-electron chi connectivity index (χ0n) is 8.76. The van der Waals surface area contributed by atoms with Crippen molar-refractivity contribution in [3.63, 3.8) is 0 Å². The number of halogens is 2. The molecule has 0 bridgehead atoms. The van der Waals surface area contributed by atoms with Gasteiger partial charge in [0.25, 0.3) is 0 Å². The lowest BCUT2D eigenvalue weighted by Crippen LogP contribution is -2.03. The lowest BCUT2D eigenvalue weighted by atomic mass is 9.87. The van der Waals surface area contributed by atoms with Gasteiger partial charge in [0.2, 0.25) is 0 Å². The van der Waals surface area contributed by atoms with Gasteiger partial charge in [0, 0.05) is 5.56 Å². The Morgan fingerprint density at radius 2 is 2.07 bits per heavy atom. The summed E-state index contributed by atoms with van der Waals surface area (Å²) < 4.78 is 26.5. The molecule has 0 spiro atoms. The largest absolute Gasteiger partial charge is 0.204 e. The van der Waals surface area contributed by atoms with Crippen LogP contribution in [0.5, 0.6) is 0 Å². The zero-order valence-corrected chi connectivity index (χ0v) is 8.76. The predicted octanol–water partition coefficient (Wildman–Crippen LogP) is 4.17. The molecule has 0 amide bonds. The molecule has 2 rings (SSSR count). The Kier molecular flexibility index (Phi) is 2.85. The molecule has 0 N–H and O–H groups in total. The molecule has 0 saturated carbocycles. The van der Waals surface area contributed by atoms with Gasteiger partial charge < -0.3 is 0 Å². The third-order valence-corrected chi connectivity index (χ3v) is 2.97. The minimum atomic E-state index is -0.757. The van der Waals surface area contributed by atoms with E-state index in [1.54, 1.807) is 12.1 Å². The van der Waals surface area contributed by atoms with Gasteiger partial charge in [-0.3, -0.25) is 0 Å². The standard InChI is InChI=1S/C13H14F2/c1-9-5-7-10(8-6-9)11-3-2-4-12(14)13(11)15/h2-4,7,9H,5-6,8H2,1H3. The van der Waals surface area contributed by atoms with Crippen molar-refractivity contribution in [3.05, 3.63) is 41.5 Å². The number of benzene rings is 1. The van der Waals surface area contributed by atoms with Crippen LogP contribution < -0.4 is 0 Å². The Labute approximate surface area is 88.6 Å².